The maximum atomic E-state index is 14.0. The summed E-state index contributed by atoms with van der Waals surface area (Å²) in [6.45, 7) is 6.22. The van der Waals surface area contributed by atoms with Crippen LogP contribution in [0.5, 0.6) is 0 Å². The lowest BCUT2D eigenvalue weighted by Crippen LogP contribution is -2.37. The van der Waals surface area contributed by atoms with Crippen molar-refractivity contribution in [2.24, 2.45) is 0 Å². The van der Waals surface area contributed by atoms with Crippen LogP contribution in [0.1, 0.15) is 19.3 Å². The Kier molecular flexibility index (Phi) is 3.78. The molecule has 0 aromatic heterocycles. The summed E-state index contributed by atoms with van der Waals surface area (Å²) in [6, 6.07) is 0. The fourth-order valence-electron chi connectivity index (χ4n) is 1.66. The number of methoxy groups -OCH3 is 1. The van der Waals surface area contributed by atoms with Gasteiger partial charge in [0.2, 0.25) is 14.0 Å². The van der Waals surface area contributed by atoms with E-state index in [1.807, 2.05) is 0 Å². The molecular weight excluding hydrogens is 227 g/mol. The van der Waals surface area contributed by atoms with Crippen molar-refractivity contribution in [2.45, 2.75) is 44.6 Å². The van der Waals surface area contributed by atoms with Crippen LogP contribution in [0, 0.1) is 0 Å². The zero-order chi connectivity index (χ0) is 12.4. The van der Waals surface area contributed by atoms with E-state index in [-0.39, 0.29) is 12.8 Å². The standard InChI is InChI=1S/C11H19FO3Si/c1-14-10(13)11(12)7-5-9(6-8-11)15-16(2,3)4/h5H,6-8H2,1-4H3/t11-/m1/s1. The molecular formula is C11H19FO3Si. The summed E-state index contributed by atoms with van der Waals surface area (Å²) in [6.07, 6.45) is 2.35. The van der Waals surface area contributed by atoms with Crippen LogP contribution in [-0.2, 0) is 14.0 Å². The molecule has 1 aliphatic carbocycles. The van der Waals surface area contributed by atoms with Gasteiger partial charge in [0.15, 0.2) is 0 Å². The maximum Gasteiger partial charge on any atom is 0.343 e. The Bertz CT molecular complexity index is 309. The highest BCUT2D eigenvalue weighted by Crippen LogP contribution is 2.33. The number of rotatable bonds is 3. The minimum absolute atomic E-state index is 0.0550. The van der Waals surface area contributed by atoms with Crippen LogP contribution in [0.3, 0.4) is 0 Å². The molecule has 0 bridgehead atoms. The fraction of sp³-hybridized carbons (Fsp3) is 0.727. The van der Waals surface area contributed by atoms with Crippen molar-refractivity contribution in [1.29, 1.82) is 0 Å². The molecule has 1 rings (SSSR count). The summed E-state index contributed by atoms with van der Waals surface area (Å²) in [5.41, 5.74) is -1.86. The Morgan fingerprint density at radius 3 is 2.50 bits per heavy atom. The van der Waals surface area contributed by atoms with Crippen molar-refractivity contribution in [2.75, 3.05) is 7.11 Å². The van der Waals surface area contributed by atoms with E-state index in [9.17, 15) is 9.18 Å². The fourth-order valence-corrected chi connectivity index (χ4v) is 2.63. The zero-order valence-electron chi connectivity index (χ0n) is 10.3. The zero-order valence-corrected chi connectivity index (χ0v) is 11.3. The van der Waals surface area contributed by atoms with E-state index >= 15 is 0 Å². The van der Waals surface area contributed by atoms with Gasteiger partial charge in [-0.1, -0.05) is 0 Å². The minimum atomic E-state index is -1.86. The Hall–Kier alpha value is -0.843. The van der Waals surface area contributed by atoms with E-state index in [1.165, 1.54) is 7.11 Å². The quantitative estimate of drug-likeness (QED) is 0.567. The second-order valence-corrected chi connectivity index (χ2v) is 9.47. The number of allylic oxidation sites excluding steroid dienone is 2. The molecule has 0 aromatic rings. The largest absolute Gasteiger partial charge is 0.548 e. The number of alkyl halides is 1. The molecule has 1 atom stereocenters. The van der Waals surface area contributed by atoms with Crippen LogP contribution in [0.4, 0.5) is 4.39 Å². The van der Waals surface area contributed by atoms with E-state index in [4.69, 9.17) is 4.43 Å². The van der Waals surface area contributed by atoms with Gasteiger partial charge >= 0.3 is 5.97 Å². The molecule has 92 valence electrons. The van der Waals surface area contributed by atoms with Crippen LogP contribution in [0.15, 0.2) is 11.8 Å². The third kappa shape index (κ3) is 3.33. The topological polar surface area (TPSA) is 35.5 Å². The number of halogens is 1. The van der Waals surface area contributed by atoms with Crippen molar-refractivity contribution in [3.8, 4) is 0 Å². The molecule has 0 fully saturated rings. The van der Waals surface area contributed by atoms with E-state index in [1.54, 1.807) is 6.08 Å². The molecule has 16 heavy (non-hydrogen) atoms. The number of ether oxygens (including phenoxy) is 1. The van der Waals surface area contributed by atoms with Crippen molar-refractivity contribution < 1.29 is 18.3 Å². The molecule has 0 saturated carbocycles. The summed E-state index contributed by atoms with van der Waals surface area (Å²) >= 11 is 0. The van der Waals surface area contributed by atoms with Gasteiger partial charge in [-0.3, -0.25) is 0 Å². The number of esters is 1. The van der Waals surface area contributed by atoms with Gasteiger partial charge in [0.05, 0.1) is 12.9 Å². The SMILES string of the molecule is COC(=O)[C@@]1(F)CC=C(O[Si](C)(C)C)CC1. The minimum Gasteiger partial charge on any atom is -0.548 e. The monoisotopic (exact) mass is 246 g/mol. The van der Waals surface area contributed by atoms with E-state index in [2.05, 4.69) is 24.4 Å². The first-order valence-corrected chi connectivity index (χ1v) is 8.83. The molecule has 0 aliphatic heterocycles. The lowest BCUT2D eigenvalue weighted by atomic mass is 9.90. The predicted molar refractivity (Wildman–Crippen MR) is 62.2 cm³/mol. The van der Waals surface area contributed by atoms with Crippen molar-refractivity contribution in [3.05, 3.63) is 11.8 Å². The Morgan fingerprint density at radius 2 is 2.12 bits per heavy atom. The molecule has 0 aromatic carbocycles. The third-order valence-electron chi connectivity index (χ3n) is 2.41. The molecule has 0 heterocycles. The highest BCUT2D eigenvalue weighted by atomic mass is 28.4. The van der Waals surface area contributed by atoms with Gasteiger partial charge in [-0.25, -0.2) is 9.18 Å². The molecule has 0 radical (unpaired) electrons. The number of carbonyl (C=O) groups is 1. The third-order valence-corrected chi connectivity index (χ3v) is 3.28. The van der Waals surface area contributed by atoms with E-state index < -0.39 is 20.0 Å². The summed E-state index contributed by atoms with van der Waals surface area (Å²) in [5, 5.41) is 0. The summed E-state index contributed by atoms with van der Waals surface area (Å²) in [7, 11) is -0.424. The van der Waals surface area contributed by atoms with Crippen LogP contribution >= 0.6 is 0 Å². The van der Waals surface area contributed by atoms with Gasteiger partial charge < -0.3 is 9.16 Å². The first kappa shape index (κ1) is 13.2. The highest BCUT2D eigenvalue weighted by Gasteiger charge is 2.41. The molecule has 5 heteroatoms. The summed E-state index contributed by atoms with van der Waals surface area (Å²) in [4.78, 5) is 11.2. The van der Waals surface area contributed by atoms with E-state index in [0.29, 0.717) is 6.42 Å². The lowest BCUT2D eigenvalue weighted by molar-refractivity contribution is -0.155. The molecule has 3 nitrogen and oxygen atoms in total. The average molecular weight is 246 g/mol. The molecule has 0 spiro atoms. The number of carbonyl (C=O) groups excluding carboxylic acids is 1. The van der Waals surface area contributed by atoms with Crippen LogP contribution in [0.2, 0.25) is 19.6 Å². The second kappa shape index (κ2) is 4.57. The van der Waals surface area contributed by atoms with Crippen LogP contribution < -0.4 is 0 Å². The van der Waals surface area contributed by atoms with E-state index in [0.717, 1.165) is 5.76 Å². The average Bonchev–Trinajstić information content (AvgIpc) is 2.18. The summed E-state index contributed by atoms with van der Waals surface area (Å²) in [5.74, 6) is 0.0344. The predicted octanol–water partition coefficient (Wildman–Crippen LogP) is 2.79. The van der Waals surface area contributed by atoms with Crippen molar-refractivity contribution in [3.63, 3.8) is 0 Å². The van der Waals surface area contributed by atoms with Gasteiger partial charge in [-0.05, 0) is 32.1 Å². The Labute approximate surface area is 96.8 Å². The normalized spacial score (nSPS) is 25.9. The van der Waals surface area contributed by atoms with Crippen LogP contribution in [-0.4, -0.2) is 27.1 Å². The smallest absolute Gasteiger partial charge is 0.343 e. The number of hydrogen-bond donors (Lipinski definition) is 0. The first-order chi connectivity index (χ1) is 7.27. The maximum absolute atomic E-state index is 14.0. The van der Waals surface area contributed by atoms with Gasteiger partial charge in [0, 0.05) is 12.8 Å². The Balaban J connectivity index is 2.64. The van der Waals surface area contributed by atoms with Gasteiger partial charge in [0.25, 0.3) is 0 Å². The molecule has 0 unspecified atom stereocenters. The van der Waals surface area contributed by atoms with Gasteiger partial charge in [0.1, 0.15) is 0 Å². The van der Waals surface area contributed by atoms with Crippen molar-refractivity contribution in [1.82, 2.24) is 0 Å². The molecule has 1 aliphatic rings. The second-order valence-electron chi connectivity index (χ2n) is 5.05. The highest BCUT2D eigenvalue weighted by molar-refractivity contribution is 6.70. The lowest BCUT2D eigenvalue weighted by Gasteiger charge is -2.29. The van der Waals surface area contributed by atoms with Crippen LogP contribution in [0.25, 0.3) is 0 Å². The summed E-state index contributed by atoms with van der Waals surface area (Å²) < 4.78 is 24.2. The Morgan fingerprint density at radius 1 is 1.50 bits per heavy atom. The molecule has 0 saturated heterocycles. The van der Waals surface area contributed by atoms with Gasteiger partial charge in [-0.2, -0.15) is 0 Å². The molecule has 0 N–H and O–H groups in total. The first-order valence-electron chi connectivity index (χ1n) is 5.42. The van der Waals surface area contributed by atoms with Gasteiger partial charge in [-0.15, -0.1) is 0 Å². The molecule has 0 amide bonds. The number of hydrogen-bond acceptors (Lipinski definition) is 3. The van der Waals surface area contributed by atoms with Crippen molar-refractivity contribution >= 4 is 14.3 Å².